The molecule has 0 aliphatic heterocycles. The maximum atomic E-state index is 13.1. The van der Waals surface area contributed by atoms with Gasteiger partial charge in [-0.1, -0.05) is 25.4 Å². The Hall–Kier alpha value is -0.300. The third kappa shape index (κ3) is 1.84. The highest BCUT2D eigenvalue weighted by Crippen LogP contribution is 2.33. The molecule has 0 fully saturated rings. The Morgan fingerprint density at radius 3 is 2.82 bits per heavy atom. The van der Waals surface area contributed by atoms with E-state index in [2.05, 4.69) is 0 Å². The number of rotatable bonds is 1. The van der Waals surface area contributed by atoms with Gasteiger partial charge in [0.05, 0.1) is 0 Å². The molecule has 0 aromatic carbocycles. The summed E-state index contributed by atoms with van der Waals surface area (Å²) in [4.78, 5) is 0. The Morgan fingerprint density at radius 1 is 1.73 bits per heavy atom. The monoisotopic (exact) mass is 174 g/mol. The number of hydrogen-bond donors (Lipinski definition) is 0. The first-order chi connectivity index (χ1) is 5.15. The van der Waals surface area contributed by atoms with Gasteiger partial charge in [-0.2, -0.15) is 0 Å². The average molecular weight is 175 g/mol. The van der Waals surface area contributed by atoms with Gasteiger partial charge in [0.2, 0.25) is 0 Å². The van der Waals surface area contributed by atoms with Crippen LogP contribution in [-0.4, -0.2) is 0 Å². The molecule has 0 aromatic heterocycles. The van der Waals surface area contributed by atoms with Crippen LogP contribution in [0, 0.1) is 5.92 Å². The molecule has 0 nitrogen and oxygen atoms in total. The molecule has 1 aliphatic carbocycles. The molecule has 0 spiro atoms. The van der Waals surface area contributed by atoms with Crippen molar-refractivity contribution in [3.8, 4) is 0 Å². The van der Waals surface area contributed by atoms with E-state index in [1.54, 1.807) is 6.08 Å². The molecule has 0 N–H and O–H groups in total. The van der Waals surface area contributed by atoms with E-state index >= 15 is 0 Å². The second kappa shape index (κ2) is 3.40. The van der Waals surface area contributed by atoms with Crippen LogP contribution in [0.15, 0.2) is 22.5 Å². The quantitative estimate of drug-likeness (QED) is 0.568. The molecule has 0 radical (unpaired) electrons. The van der Waals surface area contributed by atoms with Gasteiger partial charge in [-0.25, -0.2) is 4.39 Å². The lowest BCUT2D eigenvalue weighted by Crippen LogP contribution is -2.01. The topological polar surface area (TPSA) is 0 Å². The van der Waals surface area contributed by atoms with Crippen LogP contribution < -0.4 is 0 Å². The van der Waals surface area contributed by atoms with E-state index in [1.807, 2.05) is 13.8 Å². The fraction of sp³-hybridized carbons (Fsp3) is 0.556. The van der Waals surface area contributed by atoms with Gasteiger partial charge in [-0.05, 0) is 24.8 Å². The Labute approximate surface area is 71.7 Å². The van der Waals surface area contributed by atoms with Gasteiger partial charge >= 0.3 is 0 Å². The predicted octanol–water partition coefficient (Wildman–Crippen LogP) is 3.78. The standard InChI is InChI=1S/C9H12ClF/c1-3-7-8(10)4-6(2)5-9(7)11/h5-6H,3-4H2,1-2H3. The first-order valence-electron chi connectivity index (χ1n) is 3.90. The van der Waals surface area contributed by atoms with Crippen molar-refractivity contribution in [1.82, 2.24) is 0 Å². The Kier molecular flexibility index (Phi) is 2.72. The number of halogens is 2. The van der Waals surface area contributed by atoms with E-state index in [4.69, 9.17) is 11.6 Å². The molecule has 0 heterocycles. The Morgan fingerprint density at radius 2 is 2.36 bits per heavy atom. The van der Waals surface area contributed by atoms with Gasteiger partial charge in [0.1, 0.15) is 5.83 Å². The first kappa shape index (κ1) is 8.79. The van der Waals surface area contributed by atoms with Gasteiger partial charge in [-0.3, -0.25) is 0 Å². The largest absolute Gasteiger partial charge is 0.207 e. The maximum absolute atomic E-state index is 13.1. The van der Waals surface area contributed by atoms with E-state index in [1.165, 1.54) is 0 Å². The van der Waals surface area contributed by atoms with Crippen LogP contribution in [0.5, 0.6) is 0 Å². The van der Waals surface area contributed by atoms with E-state index in [-0.39, 0.29) is 11.7 Å². The zero-order valence-electron chi connectivity index (χ0n) is 6.82. The zero-order chi connectivity index (χ0) is 8.43. The predicted molar refractivity (Wildman–Crippen MR) is 46.1 cm³/mol. The van der Waals surface area contributed by atoms with Crippen molar-refractivity contribution >= 4 is 11.6 Å². The average Bonchev–Trinajstić information content (AvgIpc) is 1.85. The zero-order valence-corrected chi connectivity index (χ0v) is 7.58. The van der Waals surface area contributed by atoms with Crippen molar-refractivity contribution in [2.45, 2.75) is 26.7 Å². The molecular weight excluding hydrogens is 163 g/mol. The van der Waals surface area contributed by atoms with Crippen LogP contribution in [0.25, 0.3) is 0 Å². The third-order valence-corrected chi connectivity index (χ3v) is 2.28. The molecule has 11 heavy (non-hydrogen) atoms. The van der Waals surface area contributed by atoms with E-state index < -0.39 is 0 Å². The minimum Gasteiger partial charge on any atom is -0.207 e. The summed E-state index contributed by atoms with van der Waals surface area (Å²) in [7, 11) is 0. The highest BCUT2D eigenvalue weighted by atomic mass is 35.5. The minimum absolute atomic E-state index is 0.128. The molecule has 1 aliphatic rings. The van der Waals surface area contributed by atoms with Crippen LogP contribution in [0.4, 0.5) is 4.39 Å². The Bertz CT molecular complexity index is 216. The summed E-state index contributed by atoms with van der Waals surface area (Å²) in [6.07, 6.45) is 3.12. The molecule has 62 valence electrons. The maximum Gasteiger partial charge on any atom is 0.123 e. The molecular formula is C9H12ClF. The number of hydrogen-bond acceptors (Lipinski definition) is 0. The summed E-state index contributed by atoms with van der Waals surface area (Å²) in [5.41, 5.74) is 0.685. The van der Waals surface area contributed by atoms with Crippen molar-refractivity contribution in [3.63, 3.8) is 0 Å². The van der Waals surface area contributed by atoms with E-state index in [0.717, 1.165) is 6.42 Å². The molecule has 1 unspecified atom stereocenters. The third-order valence-electron chi connectivity index (χ3n) is 1.90. The van der Waals surface area contributed by atoms with Crippen LogP contribution in [0.1, 0.15) is 26.7 Å². The SMILES string of the molecule is CCC1=C(Cl)CC(C)C=C1F. The van der Waals surface area contributed by atoms with Crippen LogP contribution in [0.3, 0.4) is 0 Å². The summed E-state index contributed by atoms with van der Waals surface area (Å²) in [5, 5.41) is 0.694. The van der Waals surface area contributed by atoms with Crippen molar-refractivity contribution in [3.05, 3.63) is 22.5 Å². The summed E-state index contributed by atoms with van der Waals surface area (Å²) in [6.45, 7) is 3.88. The van der Waals surface area contributed by atoms with Gasteiger partial charge in [0.15, 0.2) is 0 Å². The molecule has 0 saturated carbocycles. The molecule has 1 rings (SSSR count). The molecule has 1 atom stereocenters. The van der Waals surface area contributed by atoms with Gasteiger partial charge < -0.3 is 0 Å². The van der Waals surface area contributed by atoms with Crippen LogP contribution in [-0.2, 0) is 0 Å². The first-order valence-corrected chi connectivity index (χ1v) is 4.28. The highest BCUT2D eigenvalue weighted by Gasteiger charge is 2.16. The molecule has 0 amide bonds. The fourth-order valence-electron chi connectivity index (χ4n) is 1.31. The summed E-state index contributed by atoms with van der Waals surface area (Å²) < 4.78 is 13.1. The minimum atomic E-state index is -0.128. The summed E-state index contributed by atoms with van der Waals surface area (Å²) >= 11 is 5.87. The smallest absolute Gasteiger partial charge is 0.123 e. The molecule has 0 aromatic rings. The van der Waals surface area contributed by atoms with Crippen molar-refractivity contribution < 1.29 is 4.39 Å². The summed E-state index contributed by atoms with van der Waals surface area (Å²) in [6, 6.07) is 0. The normalized spacial score (nSPS) is 25.5. The molecule has 0 saturated heterocycles. The van der Waals surface area contributed by atoms with Gasteiger partial charge in [-0.15, -0.1) is 0 Å². The van der Waals surface area contributed by atoms with E-state index in [9.17, 15) is 4.39 Å². The molecule has 2 heteroatoms. The van der Waals surface area contributed by atoms with Gasteiger partial charge in [0, 0.05) is 10.6 Å². The van der Waals surface area contributed by atoms with E-state index in [0.29, 0.717) is 17.0 Å². The lowest BCUT2D eigenvalue weighted by atomic mass is 9.96. The molecule has 0 bridgehead atoms. The number of allylic oxidation sites excluding steroid dienone is 4. The van der Waals surface area contributed by atoms with Gasteiger partial charge in [0.25, 0.3) is 0 Å². The van der Waals surface area contributed by atoms with Crippen molar-refractivity contribution in [2.75, 3.05) is 0 Å². The van der Waals surface area contributed by atoms with Crippen molar-refractivity contribution in [2.24, 2.45) is 5.92 Å². The summed E-state index contributed by atoms with van der Waals surface area (Å²) in [5.74, 6) is 0.119. The lowest BCUT2D eigenvalue weighted by molar-refractivity contribution is 0.588. The lowest BCUT2D eigenvalue weighted by Gasteiger charge is -2.16. The Balaban J connectivity index is 2.90. The highest BCUT2D eigenvalue weighted by molar-refractivity contribution is 6.30. The fourth-order valence-corrected chi connectivity index (χ4v) is 1.77. The second-order valence-corrected chi connectivity index (χ2v) is 3.39. The second-order valence-electron chi connectivity index (χ2n) is 2.93. The van der Waals surface area contributed by atoms with Crippen LogP contribution in [0.2, 0.25) is 0 Å². The van der Waals surface area contributed by atoms with Crippen molar-refractivity contribution in [1.29, 1.82) is 0 Å². The van der Waals surface area contributed by atoms with Crippen LogP contribution >= 0.6 is 11.6 Å².